The summed E-state index contributed by atoms with van der Waals surface area (Å²) in [6.45, 7) is 2.35. The highest BCUT2D eigenvalue weighted by Crippen LogP contribution is 2.18. The van der Waals surface area contributed by atoms with E-state index in [-0.39, 0.29) is 11.9 Å². The van der Waals surface area contributed by atoms with E-state index in [2.05, 4.69) is 0 Å². The summed E-state index contributed by atoms with van der Waals surface area (Å²) in [6.07, 6.45) is 0. The Labute approximate surface area is 106 Å². The van der Waals surface area contributed by atoms with Crippen LogP contribution in [-0.2, 0) is 6.54 Å². The Morgan fingerprint density at radius 3 is 2.71 bits per heavy atom. The van der Waals surface area contributed by atoms with Crippen molar-refractivity contribution >= 4 is 17.2 Å². The number of rotatable bonds is 5. The van der Waals surface area contributed by atoms with Crippen LogP contribution in [0.5, 0.6) is 5.75 Å². The molecule has 0 heterocycles. The molecule has 2 N–H and O–H groups in total. The van der Waals surface area contributed by atoms with Gasteiger partial charge in [-0.15, -0.1) is 0 Å². The molecule has 3 nitrogen and oxygen atoms in total. The maximum Gasteiger partial charge on any atom is 0.131 e. The zero-order valence-corrected chi connectivity index (χ0v) is 11.1. The van der Waals surface area contributed by atoms with Crippen LogP contribution in [0.25, 0.3) is 0 Å². The SMILES string of the molecule is COc1ccc(CN(C)C(C)C(N)=S)c(F)c1. The molecule has 0 saturated heterocycles. The highest BCUT2D eigenvalue weighted by molar-refractivity contribution is 7.80. The molecule has 1 atom stereocenters. The lowest BCUT2D eigenvalue weighted by molar-refractivity contribution is 0.299. The molecule has 0 bridgehead atoms. The molecule has 0 amide bonds. The van der Waals surface area contributed by atoms with Gasteiger partial charge in [-0.2, -0.15) is 0 Å². The topological polar surface area (TPSA) is 38.5 Å². The molecule has 0 fully saturated rings. The van der Waals surface area contributed by atoms with Gasteiger partial charge in [-0.1, -0.05) is 18.3 Å². The highest BCUT2D eigenvalue weighted by atomic mass is 32.1. The smallest absolute Gasteiger partial charge is 0.131 e. The minimum atomic E-state index is -0.286. The fourth-order valence-electron chi connectivity index (χ4n) is 1.41. The Hall–Kier alpha value is -1.20. The van der Waals surface area contributed by atoms with Crippen molar-refractivity contribution in [2.75, 3.05) is 14.2 Å². The second-order valence-corrected chi connectivity index (χ2v) is 4.42. The highest BCUT2D eigenvalue weighted by Gasteiger charge is 2.14. The number of halogens is 1. The first kappa shape index (κ1) is 13.9. The average molecular weight is 256 g/mol. The summed E-state index contributed by atoms with van der Waals surface area (Å²) in [7, 11) is 3.36. The van der Waals surface area contributed by atoms with Crippen LogP contribution in [0.2, 0.25) is 0 Å². The fraction of sp³-hybridized carbons (Fsp3) is 0.417. The van der Waals surface area contributed by atoms with E-state index in [0.717, 1.165) is 0 Å². The first-order valence-electron chi connectivity index (χ1n) is 5.27. The van der Waals surface area contributed by atoms with Crippen molar-refractivity contribution in [2.45, 2.75) is 19.5 Å². The lowest BCUT2D eigenvalue weighted by atomic mass is 10.1. The van der Waals surface area contributed by atoms with Crippen molar-refractivity contribution in [2.24, 2.45) is 5.73 Å². The summed E-state index contributed by atoms with van der Waals surface area (Å²) < 4.78 is 18.6. The van der Waals surface area contributed by atoms with E-state index < -0.39 is 0 Å². The quantitative estimate of drug-likeness (QED) is 0.817. The predicted octanol–water partition coefficient (Wildman–Crippen LogP) is 1.94. The van der Waals surface area contributed by atoms with E-state index in [1.807, 2.05) is 18.9 Å². The van der Waals surface area contributed by atoms with Gasteiger partial charge in [0.05, 0.1) is 18.1 Å². The Kier molecular flexibility index (Phi) is 4.84. The summed E-state index contributed by atoms with van der Waals surface area (Å²) in [4.78, 5) is 2.30. The van der Waals surface area contributed by atoms with Crippen LogP contribution < -0.4 is 10.5 Å². The van der Waals surface area contributed by atoms with Crippen molar-refractivity contribution in [1.82, 2.24) is 4.90 Å². The Morgan fingerprint density at radius 1 is 1.59 bits per heavy atom. The van der Waals surface area contributed by atoms with Gasteiger partial charge in [-0.3, -0.25) is 4.90 Å². The molecule has 0 spiro atoms. The van der Waals surface area contributed by atoms with Gasteiger partial charge in [0.2, 0.25) is 0 Å². The Balaban J connectivity index is 2.78. The van der Waals surface area contributed by atoms with E-state index in [1.165, 1.54) is 13.2 Å². The van der Waals surface area contributed by atoms with Gasteiger partial charge in [0.1, 0.15) is 11.6 Å². The zero-order chi connectivity index (χ0) is 13.0. The van der Waals surface area contributed by atoms with Crippen molar-refractivity contribution in [3.8, 4) is 5.75 Å². The zero-order valence-electron chi connectivity index (χ0n) is 10.2. The summed E-state index contributed by atoms with van der Waals surface area (Å²) >= 11 is 4.91. The van der Waals surface area contributed by atoms with Gasteiger partial charge < -0.3 is 10.5 Å². The van der Waals surface area contributed by atoms with Gasteiger partial charge in [0.15, 0.2) is 0 Å². The van der Waals surface area contributed by atoms with Crippen LogP contribution in [0.15, 0.2) is 18.2 Å². The van der Waals surface area contributed by atoms with E-state index in [1.54, 1.807) is 12.1 Å². The molecular weight excluding hydrogens is 239 g/mol. The van der Waals surface area contributed by atoms with Crippen LogP contribution in [0.1, 0.15) is 12.5 Å². The molecule has 17 heavy (non-hydrogen) atoms. The molecule has 5 heteroatoms. The summed E-state index contributed by atoms with van der Waals surface area (Å²) in [5.74, 6) is 0.225. The molecule has 0 aliphatic rings. The summed E-state index contributed by atoms with van der Waals surface area (Å²) in [5, 5.41) is 0. The number of benzene rings is 1. The van der Waals surface area contributed by atoms with Gasteiger partial charge >= 0.3 is 0 Å². The van der Waals surface area contributed by atoms with Crippen LogP contribution in [0, 0.1) is 5.82 Å². The van der Waals surface area contributed by atoms with Gasteiger partial charge in [-0.05, 0) is 20.0 Å². The number of hydrogen-bond donors (Lipinski definition) is 1. The summed E-state index contributed by atoms with van der Waals surface area (Å²) in [5.41, 5.74) is 6.14. The third-order valence-corrected chi connectivity index (χ3v) is 3.09. The molecule has 1 rings (SSSR count). The standard InChI is InChI=1S/C12H17FN2OS/c1-8(12(14)17)15(2)7-9-4-5-10(16-3)6-11(9)13/h4-6,8H,7H2,1-3H3,(H2,14,17). The molecule has 94 valence electrons. The van der Waals surface area contributed by atoms with E-state index in [4.69, 9.17) is 22.7 Å². The second-order valence-electron chi connectivity index (χ2n) is 3.95. The fourth-order valence-corrected chi connectivity index (χ4v) is 1.59. The molecule has 0 aliphatic carbocycles. The van der Waals surface area contributed by atoms with Crippen molar-refractivity contribution in [1.29, 1.82) is 0 Å². The molecule has 0 saturated carbocycles. The molecular formula is C12H17FN2OS. The van der Waals surface area contributed by atoms with Crippen molar-refractivity contribution in [3.63, 3.8) is 0 Å². The lowest BCUT2D eigenvalue weighted by Gasteiger charge is -2.23. The van der Waals surface area contributed by atoms with Gasteiger partial charge in [0, 0.05) is 18.2 Å². The Morgan fingerprint density at radius 2 is 2.24 bits per heavy atom. The second kappa shape index (κ2) is 5.93. The lowest BCUT2D eigenvalue weighted by Crippen LogP contribution is -2.38. The number of likely N-dealkylation sites (N-methyl/N-ethyl adjacent to an activating group) is 1. The maximum absolute atomic E-state index is 13.7. The van der Waals surface area contributed by atoms with E-state index >= 15 is 0 Å². The number of methoxy groups -OCH3 is 1. The van der Waals surface area contributed by atoms with Crippen LogP contribution in [0.4, 0.5) is 4.39 Å². The molecule has 0 aliphatic heterocycles. The van der Waals surface area contributed by atoms with E-state index in [0.29, 0.717) is 22.8 Å². The first-order chi connectivity index (χ1) is 7.95. The largest absolute Gasteiger partial charge is 0.497 e. The number of nitrogens with zero attached hydrogens (tertiary/aromatic N) is 1. The molecule has 0 aromatic heterocycles. The summed E-state index contributed by atoms with van der Waals surface area (Å²) in [6, 6.07) is 4.75. The number of ether oxygens (including phenoxy) is 1. The van der Waals surface area contributed by atoms with Crippen molar-refractivity contribution < 1.29 is 9.13 Å². The van der Waals surface area contributed by atoms with Gasteiger partial charge in [-0.25, -0.2) is 4.39 Å². The minimum Gasteiger partial charge on any atom is -0.497 e. The molecule has 1 aromatic rings. The van der Waals surface area contributed by atoms with Gasteiger partial charge in [0.25, 0.3) is 0 Å². The predicted molar refractivity (Wildman–Crippen MR) is 70.7 cm³/mol. The maximum atomic E-state index is 13.7. The molecule has 0 radical (unpaired) electrons. The van der Waals surface area contributed by atoms with E-state index in [9.17, 15) is 4.39 Å². The first-order valence-corrected chi connectivity index (χ1v) is 5.68. The third-order valence-electron chi connectivity index (χ3n) is 2.75. The number of hydrogen-bond acceptors (Lipinski definition) is 3. The average Bonchev–Trinajstić information content (AvgIpc) is 2.30. The number of nitrogens with two attached hydrogens (primary N) is 1. The normalized spacial score (nSPS) is 12.5. The van der Waals surface area contributed by atoms with Crippen LogP contribution >= 0.6 is 12.2 Å². The Bertz CT molecular complexity index is 411. The minimum absolute atomic E-state index is 0.0634. The third kappa shape index (κ3) is 3.64. The van der Waals surface area contributed by atoms with Crippen LogP contribution in [0.3, 0.4) is 0 Å². The molecule has 1 aromatic carbocycles. The number of thiocarbonyl (C=S) groups is 1. The van der Waals surface area contributed by atoms with Crippen molar-refractivity contribution in [3.05, 3.63) is 29.6 Å². The van der Waals surface area contributed by atoms with Crippen LogP contribution in [-0.4, -0.2) is 30.1 Å². The monoisotopic (exact) mass is 256 g/mol. The molecule has 1 unspecified atom stereocenters.